The highest BCUT2D eigenvalue weighted by Gasteiger charge is 2.40. The minimum Gasteiger partial charge on any atom is -0.493 e. The predicted molar refractivity (Wildman–Crippen MR) is 104 cm³/mol. The van der Waals surface area contributed by atoms with Gasteiger partial charge in [-0.3, -0.25) is 4.98 Å². The van der Waals surface area contributed by atoms with Gasteiger partial charge in [-0.25, -0.2) is 4.79 Å². The fourth-order valence-corrected chi connectivity index (χ4v) is 4.06. The van der Waals surface area contributed by atoms with Crippen LogP contribution in [0.4, 0.5) is 4.79 Å². The Morgan fingerprint density at radius 3 is 2.81 bits per heavy atom. The molecule has 1 amide bonds. The van der Waals surface area contributed by atoms with E-state index in [2.05, 4.69) is 29.2 Å². The summed E-state index contributed by atoms with van der Waals surface area (Å²) in [7, 11) is 0. The van der Waals surface area contributed by atoms with Crippen molar-refractivity contribution in [2.24, 2.45) is 5.92 Å². The second-order valence-corrected chi connectivity index (χ2v) is 8.35. The highest BCUT2D eigenvalue weighted by molar-refractivity contribution is 5.73. The van der Waals surface area contributed by atoms with Crippen LogP contribution in [0.3, 0.4) is 0 Å². The van der Waals surface area contributed by atoms with E-state index >= 15 is 0 Å². The van der Waals surface area contributed by atoms with E-state index in [1.54, 1.807) is 6.20 Å². The van der Waals surface area contributed by atoms with Gasteiger partial charge in [0.15, 0.2) is 0 Å². The number of fused-ring (bicyclic) bond motifs is 3. The lowest BCUT2D eigenvalue weighted by molar-refractivity contribution is 0.0284. The van der Waals surface area contributed by atoms with Gasteiger partial charge in [0, 0.05) is 42.5 Å². The number of aromatic nitrogens is 1. The maximum absolute atomic E-state index is 12.6. The maximum atomic E-state index is 12.6. The quantitative estimate of drug-likeness (QED) is 0.747. The number of hydrogen-bond donors (Lipinski definition) is 0. The second-order valence-electron chi connectivity index (χ2n) is 8.35. The summed E-state index contributed by atoms with van der Waals surface area (Å²) >= 11 is 0. The third-order valence-corrected chi connectivity index (χ3v) is 5.25. The van der Waals surface area contributed by atoms with Crippen molar-refractivity contribution in [2.75, 3.05) is 19.7 Å². The van der Waals surface area contributed by atoms with Crippen molar-refractivity contribution in [2.45, 2.75) is 38.7 Å². The molecule has 1 aromatic heterocycles. The van der Waals surface area contributed by atoms with Crippen LogP contribution in [0.15, 0.2) is 42.7 Å². The molecule has 27 heavy (non-hydrogen) atoms. The van der Waals surface area contributed by atoms with Crippen LogP contribution in [0.1, 0.15) is 38.7 Å². The summed E-state index contributed by atoms with van der Waals surface area (Å²) in [6.07, 6.45) is 4.35. The Kier molecular flexibility index (Phi) is 4.54. The molecule has 2 aliphatic rings. The van der Waals surface area contributed by atoms with E-state index < -0.39 is 5.60 Å². The minimum absolute atomic E-state index is 0.221. The lowest BCUT2D eigenvalue weighted by Crippen LogP contribution is -2.35. The Morgan fingerprint density at radius 2 is 2.07 bits per heavy atom. The monoisotopic (exact) mass is 366 g/mol. The second kappa shape index (κ2) is 6.87. The molecule has 142 valence electrons. The molecule has 0 aliphatic carbocycles. The number of carbonyl (C=O) groups excluding carboxylic acids is 1. The van der Waals surface area contributed by atoms with Crippen molar-refractivity contribution in [1.29, 1.82) is 0 Å². The number of likely N-dealkylation sites (tertiary alicyclic amines) is 1. The van der Waals surface area contributed by atoms with Gasteiger partial charge in [-0.05, 0) is 44.7 Å². The van der Waals surface area contributed by atoms with E-state index in [1.165, 1.54) is 5.56 Å². The molecular formula is C22H26N2O3. The van der Waals surface area contributed by atoms with Crippen LogP contribution in [0.5, 0.6) is 5.75 Å². The van der Waals surface area contributed by atoms with Crippen LogP contribution < -0.4 is 4.74 Å². The van der Waals surface area contributed by atoms with Crippen LogP contribution in [0.25, 0.3) is 11.1 Å². The molecule has 5 nitrogen and oxygen atoms in total. The first-order valence-corrected chi connectivity index (χ1v) is 9.56. The van der Waals surface area contributed by atoms with Crippen LogP contribution in [0.2, 0.25) is 0 Å². The molecule has 3 heterocycles. The van der Waals surface area contributed by atoms with Crippen LogP contribution >= 0.6 is 0 Å². The lowest BCUT2D eigenvalue weighted by atomic mass is 9.86. The van der Waals surface area contributed by atoms with Crippen LogP contribution in [0, 0.1) is 5.92 Å². The zero-order valence-corrected chi connectivity index (χ0v) is 16.1. The number of nitrogens with zero attached hydrogens (tertiary/aromatic N) is 2. The predicted octanol–water partition coefficient (Wildman–Crippen LogP) is 4.48. The molecule has 0 saturated carbocycles. The van der Waals surface area contributed by atoms with Crippen molar-refractivity contribution in [3.63, 3.8) is 0 Å². The summed E-state index contributed by atoms with van der Waals surface area (Å²) in [5.74, 6) is 1.60. The van der Waals surface area contributed by atoms with Crippen LogP contribution in [-0.4, -0.2) is 41.3 Å². The molecule has 1 fully saturated rings. The first-order chi connectivity index (χ1) is 12.9. The topological polar surface area (TPSA) is 51.7 Å². The third kappa shape index (κ3) is 3.64. The fourth-order valence-electron chi connectivity index (χ4n) is 4.06. The molecule has 4 rings (SSSR count). The average molecular weight is 366 g/mol. The Bertz CT molecular complexity index is 829. The Balaban J connectivity index is 1.65. The van der Waals surface area contributed by atoms with Crippen molar-refractivity contribution >= 4 is 6.09 Å². The summed E-state index contributed by atoms with van der Waals surface area (Å²) in [5, 5.41) is 0. The SMILES string of the molecule is CC(C)(C)OC(=O)N1C[C@@H]2CCOc3c(-c4cccnc4)cccc3[C@H]2C1. The first-order valence-electron chi connectivity index (χ1n) is 9.56. The third-order valence-electron chi connectivity index (χ3n) is 5.25. The van der Waals surface area contributed by atoms with Gasteiger partial charge in [-0.15, -0.1) is 0 Å². The Hall–Kier alpha value is -2.56. The largest absolute Gasteiger partial charge is 0.493 e. The number of para-hydroxylation sites is 1. The molecule has 2 aliphatic heterocycles. The molecule has 0 unspecified atom stereocenters. The van der Waals surface area contributed by atoms with Crippen LogP contribution in [-0.2, 0) is 4.74 Å². The summed E-state index contributed by atoms with van der Waals surface area (Å²) in [4.78, 5) is 18.7. The van der Waals surface area contributed by atoms with E-state index in [0.717, 1.165) is 29.8 Å². The number of amides is 1. The molecule has 0 N–H and O–H groups in total. The maximum Gasteiger partial charge on any atom is 0.410 e. The van der Waals surface area contributed by atoms with Gasteiger partial charge in [-0.2, -0.15) is 0 Å². The molecular weight excluding hydrogens is 340 g/mol. The zero-order valence-electron chi connectivity index (χ0n) is 16.1. The standard InChI is InChI=1S/C22H26N2O3/c1-22(2,3)27-21(25)24-13-16-9-11-26-20-17(15-6-5-10-23-12-15)7-4-8-18(20)19(16)14-24/h4-8,10,12,16,19H,9,11,13-14H2,1-3H3/t16-,19-/m0/s1. The molecule has 2 aromatic rings. The van der Waals surface area contributed by atoms with Gasteiger partial charge in [0.25, 0.3) is 0 Å². The highest BCUT2D eigenvalue weighted by atomic mass is 16.6. The molecule has 0 bridgehead atoms. The van der Waals surface area contributed by atoms with Gasteiger partial charge in [-0.1, -0.05) is 24.3 Å². The molecule has 5 heteroatoms. The minimum atomic E-state index is -0.476. The van der Waals surface area contributed by atoms with Gasteiger partial charge in [0.05, 0.1) is 6.61 Å². The lowest BCUT2D eigenvalue weighted by Gasteiger charge is -2.25. The van der Waals surface area contributed by atoms with Crippen molar-refractivity contribution < 1.29 is 14.3 Å². The fraction of sp³-hybridized carbons (Fsp3) is 0.455. The molecule has 1 aromatic carbocycles. The molecule has 0 radical (unpaired) electrons. The average Bonchev–Trinajstić information content (AvgIpc) is 2.98. The van der Waals surface area contributed by atoms with Gasteiger partial charge >= 0.3 is 6.09 Å². The summed E-state index contributed by atoms with van der Waals surface area (Å²) in [6.45, 7) is 7.77. The number of carbonyl (C=O) groups is 1. The van der Waals surface area contributed by atoms with E-state index in [4.69, 9.17) is 9.47 Å². The molecule has 0 spiro atoms. The Morgan fingerprint density at radius 1 is 1.22 bits per heavy atom. The van der Waals surface area contributed by atoms with Crippen molar-refractivity contribution in [3.05, 3.63) is 48.3 Å². The molecule has 2 atom stereocenters. The smallest absolute Gasteiger partial charge is 0.410 e. The normalized spacial score (nSPS) is 21.7. The van der Waals surface area contributed by atoms with E-state index in [1.807, 2.05) is 37.9 Å². The van der Waals surface area contributed by atoms with E-state index in [0.29, 0.717) is 19.1 Å². The van der Waals surface area contributed by atoms with E-state index in [-0.39, 0.29) is 12.0 Å². The summed E-state index contributed by atoms with van der Waals surface area (Å²) < 4.78 is 11.8. The number of hydrogen-bond acceptors (Lipinski definition) is 4. The summed E-state index contributed by atoms with van der Waals surface area (Å²) in [6, 6.07) is 10.3. The van der Waals surface area contributed by atoms with E-state index in [9.17, 15) is 4.79 Å². The van der Waals surface area contributed by atoms with Crippen molar-refractivity contribution in [3.8, 4) is 16.9 Å². The number of pyridine rings is 1. The summed E-state index contributed by atoms with van der Waals surface area (Å²) in [5.41, 5.74) is 2.83. The zero-order chi connectivity index (χ0) is 19.0. The van der Waals surface area contributed by atoms with Gasteiger partial charge in [0.1, 0.15) is 11.4 Å². The first kappa shape index (κ1) is 17.8. The van der Waals surface area contributed by atoms with Crippen molar-refractivity contribution in [1.82, 2.24) is 9.88 Å². The molecule has 1 saturated heterocycles. The number of benzene rings is 1. The van der Waals surface area contributed by atoms with Gasteiger partial charge < -0.3 is 14.4 Å². The van der Waals surface area contributed by atoms with Gasteiger partial charge in [0.2, 0.25) is 0 Å². The highest BCUT2D eigenvalue weighted by Crippen LogP contribution is 2.45. The Labute approximate surface area is 160 Å². The number of ether oxygens (including phenoxy) is 2. The number of rotatable bonds is 1.